The van der Waals surface area contributed by atoms with Crippen LogP contribution in [0.15, 0.2) is 30.3 Å². The average molecular weight is 328 g/mol. The molecule has 0 atom stereocenters. The Morgan fingerprint density at radius 3 is 2.58 bits per heavy atom. The first-order valence-electron chi connectivity index (χ1n) is 8.24. The van der Waals surface area contributed by atoms with E-state index in [9.17, 15) is 4.79 Å². The van der Waals surface area contributed by atoms with Crippen molar-refractivity contribution in [2.24, 2.45) is 0 Å². The number of nitrogens with one attached hydrogen (secondary N) is 1. The first kappa shape index (κ1) is 16.5. The predicted octanol–water partition coefficient (Wildman–Crippen LogP) is 2.25. The molecule has 6 heteroatoms. The number of amides is 1. The minimum Gasteiger partial charge on any atom is -0.497 e. The number of likely N-dealkylation sites (N-methyl/N-ethyl adjacent to an activating group) is 2. The van der Waals surface area contributed by atoms with Crippen LogP contribution in [0.5, 0.6) is 5.75 Å². The number of H-pyrrole nitrogens is 1. The van der Waals surface area contributed by atoms with Gasteiger partial charge in [-0.1, -0.05) is 0 Å². The molecule has 3 rings (SSSR count). The molecule has 1 aliphatic rings. The Morgan fingerprint density at radius 1 is 1.25 bits per heavy atom. The van der Waals surface area contributed by atoms with Crippen LogP contribution in [-0.2, 0) is 0 Å². The van der Waals surface area contributed by atoms with E-state index in [-0.39, 0.29) is 5.91 Å². The lowest BCUT2D eigenvalue weighted by Gasteiger charge is -2.21. The molecule has 2 aromatic rings. The van der Waals surface area contributed by atoms with E-state index in [4.69, 9.17) is 4.74 Å². The van der Waals surface area contributed by atoms with E-state index in [1.807, 2.05) is 31.3 Å². The van der Waals surface area contributed by atoms with Crippen LogP contribution in [0.3, 0.4) is 0 Å². The molecule has 128 valence electrons. The highest BCUT2D eigenvalue weighted by atomic mass is 16.5. The van der Waals surface area contributed by atoms with Gasteiger partial charge in [-0.15, -0.1) is 0 Å². The van der Waals surface area contributed by atoms with Gasteiger partial charge in [0.15, 0.2) is 0 Å². The summed E-state index contributed by atoms with van der Waals surface area (Å²) in [6.45, 7) is 1.61. The van der Waals surface area contributed by atoms with Crippen molar-refractivity contribution in [1.82, 2.24) is 20.0 Å². The van der Waals surface area contributed by atoms with Gasteiger partial charge >= 0.3 is 0 Å². The third-order valence-electron chi connectivity index (χ3n) is 4.50. The highest BCUT2D eigenvalue weighted by Crippen LogP contribution is 2.25. The molecule has 1 N–H and O–H groups in total. The molecule has 1 amide bonds. The van der Waals surface area contributed by atoms with Gasteiger partial charge in [0.2, 0.25) is 0 Å². The molecule has 24 heavy (non-hydrogen) atoms. The topological polar surface area (TPSA) is 61.5 Å². The van der Waals surface area contributed by atoms with Crippen molar-refractivity contribution in [3.8, 4) is 17.0 Å². The van der Waals surface area contributed by atoms with E-state index < -0.39 is 0 Å². The smallest absolute Gasteiger partial charge is 0.271 e. The van der Waals surface area contributed by atoms with E-state index >= 15 is 0 Å². The number of ether oxygens (including phenoxy) is 1. The van der Waals surface area contributed by atoms with Gasteiger partial charge in [-0.25, -0.2) is 0 Å². The first-order valence-corrected chi connectivity index (χ1v) is 8.24. The van der Waals surface area contributed by atoms with Crippen molar-refractivity contribution in [2.75, 3.05) is 34.3 Å². The number of rotatable bonds is 7. The highest BCUT2D eigenvalue weighted by Gasteiger charge is 2.26. The molecule has 0 spiro atoms. The fourth-order valence-electron chi connectivity index (χ4n) is 2.65. The number of aromatic nitrogens is 2. The Hall–Kier alpha value is -2.34. The monoisotopic (exact) mass is 328 g/mol. The first-order chi connectivity index (χ1) is 11.6. The maximum absolute atomic E-state index is 12.5. The van der Waals surface area contributed by atoms with Gasteiger partial charge in [-0.05, 0) is 50.2 Å². The molecule has 1 aliphatic carbocycles. The maximum atomic E-state index is 12.5. The largest absolute Gasteiger partial charge is 0.497 e. The normalized spacial score (nSPS) is 14.0. The van der Waals surface area contributed by atoms with Crippen molar-refractivity contribution < 1.29 is 9.53 Å². The van der Waals surface area contributed by atoms with Crippen LogP contribution in [0.4, 0.5) is 0 Å². The third-order valence-corrected chi connectivity index (χ3v) is 4.50. The third kappa shape index (κ3) is 3.76. The summed E-state index contributed by atoms with van der Waals surface area (Å²) in [6, 6.07) is 10.1. The fraction of sp³-hybridized carbons (Fsp3) is 0.444. The number of carbonyl (C=O) groups excluding carboxylic acids is 1. The number of benzene rings is 1. The van der Waals surface area contributed by atoms with Gasteiger partial charge < -0.3 is 14.5 Å². The molecule has 1 fully saturated rings. The van der Waals surface area contributed by atoms with E-state index in [2.05, 4.69) is 22.1 Å². The highest BCUT2D eigenvalue weighted by molar-refractivity contribution is 5.93. The lowest BCUT2D eigenvalue weighted by molar-refractivity contribution is 0.0775. The van der Waals surface area contributed by atoms with Crippen molar-refractivity contribution in [3.05, 3.63) is 36.0 Å². The second-order valence-corrected chi connectivity index (χ2v) is 6.33. The molecule has 6 nitrogen and oxygen atoms in total. The number of nitrogens with zero attached hydrogens (tertiary/aromatic N) is 3. The van der Waals surface area contributed by atoms with Crippen LogP contribution < -0.4 is 4.74 Å². The van der Waals surface area contributed by atoms with Gasteiger partial charge in [-0.2, -0.15) is 5.10 Å². The van der Waals surface area contributed by atoms with Crippen molar-refractivity contribution in [2.45, 2.75) is 18.9 Å². The number of aromatic amines is 1. The Kier molecular flexibility index (Phi) is 4.85. The zero-order valence-corrected chi connectivity index (χ0v) is 14.5. The second kappa shape index (κ2) is 7.05. The summed E-state index contributed by atoms with van der Waals surface area (Å²) in [5.74, 6) is 0.761. The molecule has 1 heterocycles. The Labute approximate surface area is 142 Å². The zero-order chi connectivity index (χ0) is 17.1. The van der Waals surface area contributed by atoms with Gasteiger partial charge in [0.05, 0.1) is 12.8 Å². The standard InChI is InChI=1S/C18H24N4O2/c1-21(14-6-7-14)10-11-22(2)18(23)17-12-16(19-20-17)13-4-8-15(24-3)9-5-13/h4-5,8-9,12,14H,6-7,10-11H2,1-3H3,(H,19,20). The summed E-state index contributed by atoms with van der Waals surface area (Å²) in [7, 11) is 5.59. The SMILES string of the molecule is COc1ccc(-c2cc(C(=O)N(C)CCN(C)C3CC3)[nH]n2)cc1. The minimum absolute atomic E-state index is 0.0357. The average Bonchev–Trinajstić information content (AvgIpc) is 3.36. The lowest BCUT2D eigenvalue weighted by Crippen LogP contribution is -2.35. The summed E-state index contributed by atoms with van der Waals surface area (Å²) < 4.78 is 5.15. The van der Waals surface area contributed by atoms with Crippen LogP contribution in [0.2, 0.25) is 0 Å². The van der Waals surface area contributed by atoms with Gasteiger partial charge in [0.25, 0.3) is 5.91 Å². The van der Waals surface area contributed by atoms with E-state index in [0.29, 0.717) is 18.3 Å². The molecular formula is C18H24N4O2. The van der Waals surface area contributed by atoms with Crippen LogP contribution in [0, 0.1) is 0 Å². The van der Waals surface area contributed by atoms with Crippen molar-refractivity contribution in [3.63, 3.8) is 0 Å². The number of hydrogen-bond donors (Lipinski definition) is 1. The van der Waals surface area contributed by atoms with Crippen molar-refractivity contribution in [1.29, 1.82) is 0 Å². The number of hydrogen-bond acceptors (Lipinski definition) is 4. The quantitative estimate of drug-likeness (QED) is 0.847. The summed E-state index contributed by atoms with van der Waals surface area (Å²) in [5, 5.41) is 7.11. The molecule has 0 saturated heterocycles. The molecule has 1 saturated carbocycles. The van der Waals surface area contributed by atoms with Crippen LogP contribution >= 0.6 is 0 Å². The summed E-state index contributed by atoms with van der Waals surface area (Å²) in [5.41, 5.74) is 2.21. The van der Waals surface area contributed by atoms with E-state index in [0.717, 1.165) is 23.6 Å². The number of carbonyl (C=O) groups is 1. The summed E-state index contributed by atoms with van der Waals surface area (Å²) in [6.07, 6.45) is 2.56. The molecule has 1 aromatic carbocycles. The summed E-state index contributed by atoms with van der Waals surface area (Å²) >= 11 is 0. The van der Waals surface area contributed by atoms with Gasteiger partial charge in [0.1, 0.15) is 11.4 Å². The molecular weight excluding hydrogens is 304 g/mol. The maximum Gasteiger partial charge on any atom is 0.271 e. The van der Waals surface area contributed by atoms with Gasteiger partial charge in [0, 0.05) is 31.7 Å². The zero-order valence-electron chi connectivity index (χ0n) is 14.5. The molecule has 0 bridgehead atoms. The Balaban J connectivity index is 1.61. The van der Waals surface area contributed by atoms with E-state index in [1.165, 1.54) is 12.8 Å². The van der Waals surface area contributed by atoms with Gasteiger partial charge in [-0.3, -0.25) is 9.89 Å². The fourth-order valence-corrected chi connectivity index (χ4v) is 2.65. The second-order valence-electron chi connectivity index (χ2n) is 6.33. The number of methoxy groups -OCH3 is 1. The Morgan fingerprint density at radius 2 is 1.96 bits per heavy atom. The van der Waals surface area contributed by atoms with E-state index in [1.54, 1.807) is 18.1 Å². The van der Waals surface area contributed by atoms with Crippen LogP contribution in [-0.4, -0.2) is 66.2 Å². The van der Waals surface area contributed by atoms with Crippen LogP contribution in [0.1, 0.15) is 23.3 Å². The summed E-state index contributed by atoms with van der Waals surface area (Å²) in [4.78, 5) is 16.6. The predicted molar refractivity (Wildman–Crippen MR) is 93.2 cm³/mol. The minimum atomic E-state index is -0.0357. The molecule has 0 unspecified atom stereocenters. The molecule has 1 aromatic heterocycles. The Bertz CT molecular complexity index is 691. The van der Waals surface area contributed by atoms with Crippen molar-refractivity contribution >= 4 is 5.91 Å². The molecule has 0 aliphatic heterocycles. The molecule has 0 radical (unpaired) electrons. The van der Waals surface area contributed by atoms with Crippen LogP contribution in [0.25, 0.3) is 11.3 Å². The lowest BCUT2D eigenvalue weighted by atomic mass is 10.1.